The summed E-state index contributed by atoms with van der Waals surface area (Å²) in [7, 11) is 2.13. The fourth-order valence-electron chi connectivity index (χ4n) is 9.34. The number of halogens is 8. The molecule has 2 saturated heterocycles. The largest absolute Gasteiger partial charge is 0.489 e. The summed E-state index contributed by atoms with van der Waals surface area (Å²) in [4.78, 5) is 15.6. The number of hydrogen-bond donors (Lipinski definition) is 1. The van der Waals surface area contributed by atoms with Gasteiger partial charge >= 0.3 is 12.4 Å². The first kappa shape index (κ1) is 52.4. The Bertz CT molecular complexity index is 2300. The fraction of sp³-hybridized carbons (Fsp3) is 0.520. The van der Waals surface area contributed by atoms with Crippen molar-refractivity contribution in [2.75, 3.05) is 74.5 Å². The topological polar surface area (TPSA) is 114 Å². The van der Waals surface area contributed by atoms with E-state index in [-0.39, 0.29) is 28.7 Å². The molecule has 4 fully saturated rings. The summed E-state index contributed by atoms with van der Waals surface area (Å²) < 4.78 is 91.8. The highest BCUT2D eigenvalue weighted by atomic mass is 35.5. The van der Waals surface area contributed by atoms with Gasteiger partial charge in [0.15, 0.2) is 0 Å². The van der Waals surface area contributed by atoms with Crippen LogP contribution >= 0.6 is 23.2 Å². The van der Waals surface area contributed by atoms with E-state index < -0.39 is 23.5 Å². The molecule has 366 valence electrons. The van der Waals surface area contributed by atoms with E-state index in [2.05, 4.69) is 43.1 Å². The lowest BCUT2D eigenvalue weighted by atomic mass is 9.83. The molecule has 2 aliphatic heterocycles. The van der Waals surface area contributed by atoms with Crippen LogP contribution in [0.15, 0.2) is 73.3 Å². The fourth-order valence-corrected chi connectivity index (χ4v) is 9.34. The molecule has 0 spiro atoms. The first-order chi connectivity index (χ1) is 32.6. The first-order valence-electron chi connectivity index (χ1n) is 23.1. The number of rotatable bonds is 10. The Morgan fingerprint density at radius 1 is 0.603 bits per heavy atom. The second-order valence-corrected chi connectivity index (χ2v) is 18.6. The quantitative estimate of drug-likeness (QED) is 0.122. The Balaban J connectivity index is 0.000000212. The third-order valence-electron chi connectivity index (χ3n) is 13.0. The summed E-state index contributed by atoms with van der Waals surface area (Å²) in [6.45, 7) is 7.80. The molecule has 0 radical (unpaired) electrons. The van der Waals surface area contributed by atoms with Crippen LogP contribution in [0.5, 0.6) is 11.5 Å². The van der Waals surface area contributed by atoms with E-state index in [0.717, 1.165) is 139 Å². The third-order valence-corrected chi connectivity index (χ3v) is 13.0. The van der Waals surface area contributed by atoms with Gasteiger partial charge in [0.1, 0.15) is 11.5 Å². The average molecular weight is 988 g/mol. The molecule has 2 aromatic heterocycles. The van der Waals surface area contributed by atoms with Crippen LogP contribution in [-0.2, 0) is 25.2 Å². The molecule has 0 amide bonds. The predicted molar refractivity (Wildman–Crippen MR) is 252 cm³/mol. The zero-order valence-corrected chi connectivity index (χ0v) is 39.7. The smallest absolute Gasteiger partial charge is 0.417 e. The molecule has 8 rings (SSSR count). The summed E-state index contributed by atoms with van der Waals surface area (Å²) in [6.07, 6.45) is 6.63. The normalized spacial score (nSPS) is 21.2. The van der Waals surface area contributed by atoms with Crippen molar-refractivity contribution in [1.29, 1.82) is 10.5 Å². The molecule has 18 heteroatoms. The van der Waals surface area contributed by atoms with E-state index in [0.29, 0.717) is 35.8 Å². The molecule has 4 aromatic rings. The molecule has 4 heterocycles. The summed E-state index contributed by atoms with van der Waals surface area (Å²) in [5, 5.41) is 21.5. The Labute approximate surface area is 405 Å². The van der Waals surface area contributed by atoms with Gasteiger partial charge in [-0.1, -0.05) is 12.1 Å². The molecular formula is C50H58Cl2F6N8O2. The van der Waals surface area contributed by atoms with Crippen molar-refractivity contribution in [1.82, 2.24) is 20.2 Å². The highest BCUT2D eigenvalue weighted by Gasteiger charge is 2.35. The zero-order valence-electron chi connectivity index (χ0n) is 38.1. The van der Waals surface area contributed by atoms with Gasteiger partial charge in [-0.3, -0.25) is 9.97 Å². The van der Waals surface area contributed by atoms with Crippen LogP contribution in [0.1, 0.15) is 84.7 Å². The van der Waals surface area contributed by atoms with Gasteiger partial charge in [0, 0.05) is 64.5 Å². The van der Waals surface area contributed by atoms with Crippen LogP contribution < -0.4 is 24.6 Å². The summed E-state index contributed by atoms with van der Waals surface area (Å²) in [6, 6.07) is 15.5. The maximum absolute atomic E-state index is 13.2. The van der Waals surface area contributed by atoms with Gasteiger partial charge in [0.25, 0.3) is 0 Å². The van der Waals surface area contributed by atoms with Crippen LogP contribution in [-0.4, -0.2) is 91.8 Å². The van der Waals surface area contributed by atoms with Crippen LogP contribution in [0.2, 0.25) is 0 Å². The van der Waals surface area contributed by atoms with Gasteiger partial charge < -0.3 is 29.5 Å². The van der Waals surface area contributed by atoms with Crippen molar-refractivity contribution in [3.8, 4) is 23.6 Å². The molecule has 4 aliphatic rings. The standard InChI is InChI=1S/C25H29F3N4O.C24H27F3N4O.CH2Cl2/c1-31-8-10-32(11-9-31)21-14-23(17-30-16-21)33-22-6-3-18(4-7-22)12-19-2-5-20(15-29)24(13-19)25(26,27)28;25-24(26,27)23-12-18(1-4-19(23)14-28)11-17-2-5-21(6-3-17)32-22-13-20(15-30-16-22)31-9-7-29-8-10-31;2-1-3/h2,5,13-14,16-18,22H,3-4,6-12H2,1H3;1,4,12-13,15-17,21,29H,2-3,5-11H2;1H2. The number of alkyl halides is 8. The van der Waals surface area contributed by atoms with Crippen molar-refractivity contribution in [2.24, 2.45) is 11.8 Å². The Kier molecular flexibility index (Phi) is 19.3. The van der Waals surface area contributed by atoms with Crippen LogP contribution in [0.4, 0.5) is 37.7 Å². The minimum atomic E-state index is -4.51. The molecule has 1 N–H and O–H groups in total. The molecule has 2 aliphatic carbocycles. The minimum Gasteiger partial charge on any atom is -0.489 e. The highest BCUT2D eigenvalue weighted by molar-refractivity contribution is 6.40. The molecule has 2 saturated carbocycles. The summed E-state index contributed by atoms with van der Waals surface area (Å²) in [5.41, 5.74) is 1.09. The van der Waals surface area contributed by atoms with E-state index in [1.165, 1.54) is 12.1 Å². The zero-order chi connectivity index (χ0) is 48.7. The minimum absolute atomic E-state index is 0.0949. The number of nitrogens with zero attached hydrogens (tertiary/aromatic N) is 7. The summed E-state index contributed by atoms with van der Waals surface area (Å²) in [5.74, 6) is 2.17. The van der Waals surface area contributed by atoms with E-state index in [1.54, 1.807) is 36.7 Å². The average Bonchev–Trinajstić information content (AvgIpc) is 3.33. The van der Waals surface area contributed by atoms with Crippen LogP contribution in [0, 0.1) is 34.5 Å². The van der Waals surface area contributed by atoms with Gasteiger partial charge in [-0.15, -0.1) is 23.2 Å². The SMILES string of the molecule is CN1CCN(c2cncc(OC3CCC(Cc4ccc(C#N)c(C(F)(F)F)c4)CC3)c2)CC1.ClCCl.N#Cc1ccc(CC2CCC(Oc3cncc(N4CCNCC4)c3)CC2)cc1C(F)(F)F. The number of anilines is 2. The second kappa shape index (κ2) is 25.0. The molecular weight excluding hydrogens is 929 g/mol. The van der Waals surface area contributed by atoms with Crippen LogP contribution in [0.25, 0.3) is 0 Å². The number of ether oxygens (including phenoxy) is 2. The van der Waals surface area contributed by atoms with E-state index in [1.807, 2.05) is 18.5 Å². The van der Waals surface area contributed by atoms with Crippen LogP contribution in [0.3, 0.4) is 0 Å². The van der Waals surface area contributed by atoms with E-state index in [4.69, 9.17) is 43.2 Å². The maximum atomic E-state index is 13.2. The molecule has 0 unspecified atom stereocenters. The number of pyridine rings is 2. The van der Waals surface area contributed by atoms with Crippen molar-refractivity contribution in [2.45, 2.75) is 88.8 Å². The predicted octanol–water partition coefficient (Wildman–Crippen LogP) is 10.9. The van der Waals surface area contributed by atoms with Crippen molar-refractivity contribution in [3.63, 3.8) is 0 Å². The Morgan fingerprint density at radius 3 is 1.38 bits per heavy atom. The lowest BCUT2D eigenvalue weighted by Gasteiger charge is -2.34. The number of nitrogens with one attached hydrogen (secondary N) is 1. The number of hydrogen-bond acceptors (Lipinski definition) is 10. The second-order valence-electron chi connectivity index (χ2n) is 17.8. The Morgan fingerprint density at radius 2 is 1.00 bits per heavy atom. The molecule has 68 heavy (non-hydrogen) atoms. The van der Waals surface area contributed by atoms with Crippen molar-refractivity contribution >= 4 is 34.6 Å². The Hall–Kier alpha value is -5.00. The lowest BCUT2D eigenvalue weighted by Crippen LogP contribution is -2.44. The number of nitriles is 2. The highest BCUT2D eigenvalue weighted by Crippen LogP contribution is 2.37. The monoisotopic (exact) mass is 986 g/mol. The van der Waals surface area contributed by atoms with Gasteiger partial charge in [-0.05, 0) is 118 Å². The van der Waals surface area contributed by atoms with E-state index in [9.17, 15) is 26.3 Å². The number of benzene rings is 2. The molecule has 0 atom stereocenters. The van der Waals surface area contributed by atoms with Gasteiger partial charge in [-0.2, -0.15) is 36.9 Å². The van der Waals surface area contributed by atoms with Gasteiger partial charge in [0.05, 0.1) is 88.1 Å². The number of piperazine rings is 2. The first-order valence-corrected chi connectivity index (χ1v) is 24.2. The third kappa shape index (κ3) is 15.5. The number of likely N-dealkylation sites (N-methyl/N-ethyl adjacent to an activating group) is 1. The van der Waals surface area contributed by atoms with E-state index >= 15 is 0 Å². The molecule has 2 aromatic carbocycles. The van der Waals surface area contributed by atoms with Gasteiger partial charge in [0.2, 0.25) is 0 Å². The summed E-state index contributed by atoms with van der Waals surface area (Å²) >= 11 is 9.53. The van der Waals surface area contributed by atoms with Crippen molar-refractivity contribution < 1.29 is 35.8 Å². The molecule has 0 bridgehead atoms. The van der Waals surface area contributed by atoms with Crippen molar-refractivity contribution in [3.05, 3.63) is 107 Å². The molecule has 10 nitrogen and oxygen atoms in total. The lowest BCUT2D eigenvalue weighted by molar-refractivity contribution is -0.138. The number of aromatic nitrogens is 2. The van der Waals surface area contributed by atoms with Gasteiger partial charge in [-0.25, -0.2) is 0 Å². The maximum Gasteiger partial charge on any atom is 0.417 e.